The molecule has 0 aliphatic heterocycles. The van der Waals surface area contributed by atoms with Gasteiger partial charge in [0.05, 0.1) is 7.11 Å². The number of hydrogen-bond donors (Lipinski definition) is 1. The number of ether oxygens (including phenoxy) is 1. The summed E-state index contributed by atoms with van der Waals surface area (Å²) in [6.45, 7) is 0. The Bertz CT molecular complexity index is 635. The molecular formula is C18H19BrO2. The molecule has 3 rings (SSSR count). The number of benzene rings is 2. The molecule has 0 amide bonds. The second kappa shape index (κ2) is 6.20. The summed E-state index contributed by atoms with van der Waals surface area (Å²) in [5, 5.41) is 10.7. The Kier molecular flexibility index (Phi) is 4.32. The minimum Gasteiger partial charge on any atom is -0.497 e. The normalized spacial score (nSPS) is 16.3. The number of aliphatic hydroxyl groups excluding tert-OH is 1. The van der Waals surface area contributed by atoms with Gasteiger partial charge in [-0.2, -0.15) is 0 Å². The molecule has 0 spiro atoms. The summed E-state index contributed by atoms with van der Waals surface area (Å²) in [6, 6.07) is 14.0. The number of halogens is 1. The van der Waals surface area contributed by atoms with Crippen LogP contribution in [0.4, 0.5) is 0 Å². The highest BCUT2D eigenvalue weighted by Crippen LogP contribution is 2.38. The van der Waals surface area contributed by atoms with E-state index in [0.29, 0.717) is 5.92 Å². The van der Waals surface area contributed by atoms with Gasteiger partial charge in [-0.1, -0.05) is 46.6 Å². The fourth-order valence-electron chi connectivity index (χ4n) is 2.76. The van der Waals surface area contributed by atoms with Crippen LogP contribution in [0.1, 0.15) is 48.0 Å². The van der Waals surface area contributed by atoms with Gasteiger partial charge in [-0.3, -0.25) is 0 Å². The maximum Gasteiger partial charge on any atom is 0.119 e. The molecule has 2 aromatic rings. The Balaban J connectivity index is 1.92. The maximum absolute atomic E-state index is 10.7. The van der Waals surface area contributed by atoms with E-state index in [4.69, 9.17) is 4.74 Å². The van der Waals surface area contributed by atoms with Gasteiger partial charge in [-0.15, -0.1) is 0 Å². The van der Waals surface area contributed by atoms with Gasteiger partial charge in [0.2, 0.25) is 0 Å². The summed E-state index contributed by atoms with van der Waals surface area (Å²) >= 11 is 3.51. The molecule has 1 aliphatic carbocycles. The van der Waals surface area contributed by atoms with Gasteiger partial charge in [-0.25, -0.2) is 0 Å². The lowest BCUT2D eigenvalue weighted by Crippen LogP contribution is -2.10. The highest BCUT2D eigenvalue weighted by atomic mass is 79.9. The van der Waals surface area contributed by atoms with Crippen LogP contribution in [0.25, 0.3) is 0 Å². The van der Waals surface area contributed by atoms with Crippen molar-refractivity contribution in [2.75, 3.05) is 7.11 Å². The SMILES string of the molecule is COc1ccc(Br)c(C(O)c2cccc(C3CCC3)c2)c1. The first kappa shape index (κ1) is 14.6. The zero-order valence-corrected chi connectivity index (χ0v) is 13.6. The molecule has 1 unspecified atom stereocenters. The molecule has 0 saturated heterocycles. The second-order valence-electron chi connectivity index (χ2n) is 5.59. The molecule has 2 aromatic carbocycles. The van der Waals surface area contributed by atoms with Gasteiger partial charge in [0.25, 0.3) is 0 Å². The lowest BCUT2D eigenvalue weighted by Gasteiger charge is -2.26. The molecule has 0 heterocycles. The minimum atomic E-state index is -0.644. The van der Waals surface area contributed by atoms with Gasteiger partial charge in [0, 0.05) is 10.0 Å². The molecule has 21 heavy (non-hydrogen) atoms. The Labute approximate surface area is 133 Å². The van der Waals surface area contributed by atoms with E-state index in [1.54, 1.807) is 7.11 Å². The van der Waals surface area contributed by atoms with Gasteiger partial charge in [0.15, 0.2) is 0 Å². The summed E-state index contributed by atoms with van der Waals surface area (Å²) in [5.41, 5.74) is 3.12. The lowest BCUT2D eigenvalue weighted by atomic mass is 9.79. The standard InChI is InChI=1S/C18H19BrO2/c1-21-15-8-9-17(19)16(11-15)18(20)14-7-3-6-13(10-14)12-4-2-5-12/h3,6-12,18,20H,2,4-5H2,1H3. The molecular weight excluding hydrogens is 328 g/mol. The Morgan fingerprint density at radius 1 is 1.19 bits per heavy atom. The van der Waals surface area contributed by atoms with Crippen molar-refractivity contribution in [2.24, 2.45) is 0 Å². The van der Waals surface area contributed by atoms with Crippen molar-refractivity contribution in [3.63, 3.8) is 0 Å². The molecule has 0 aromatic heterocycles. The average molecular weight is 347 g/mol. The topological polar surface area (TPSA) is 29.5 Å². The third-order valence-electron chi connectivity index (χ3n) is 4.30. The van der Waals surface area contributed by atoms with Crippen LogP contribution in [-0.2, 0) is 0 Å². The number of aliphatic hydroxyl groups is 1. The Morgan fingerprint density at radius 2 is 2.00 bits per heavy atom. The molecule has 0 bridgehead atoms. The van der Waals surface area contributed by atoms with Crippen molar-refractivity contribution < 1.29 is 9.84 Å². The van der Waals surface area contributed by atoms with Crippen LogP contribution in [0, 0.1) is 0 Å². The quantitative estimate of drug-likeness (QED) is 0.860. The van der Waals surface area contributed by atoms with Gasteiger partial charge in [-0.05, 0) is 48.1 Å². The van der Waals surface area contributed by atoms with Crippen LogP contribution in [0.15, 0.2) is 46.9 Å². The van der Waals surface area contributed by atoms with E-state index in [-0.39, 0.29) is 0 Å². The largest absolute Gasteiger partial charge is 0.497 e. The molecule has 1 aliphatic rings. The molecule has 1 atom stereocenters. The van der Waals surface area contributed by atoms with Crippen molar-refractivity contribution in [1.29, 1.82) is 0 Å². The number of methoxy groups -OCH3 is 1. The number of rotatable bonds is 4. The Morgan fingerprint density at radius 3 is 2.67 bits per heavy atom. The summed E-state index contributed by atoms with van der Waals surface area (Å²) in [6.07, 6.45) is 3.21. The monoisotopic (exact) mass is 346 g/mol. The van der Waals surface area contributed by atoms with E-state index in [0.717, 1.165) is 21.3 Å². The van der Waals surface area contributed by atoms with Crippen LogP contribution in [0.3, 0.4) is 0 Å². The van der Waals surface area contributed by atoms with E-state index in [1.165, 1.54) is 24.8 Å². The van der Waals surface area contributed by atoms with Gasteiger partial charge < -0.3 is 9.84 Å². The molecule has 1 saturated carbocycles. The predicted octanol–water partition coefficient (Wildman–Crippen LogP) is 4.81. The molecule has 3 heteroatoms. The third-order valence-corrected chi connectivity index (χ3v) is 5.02. The van der Waals surface area contributed by atoms with Crippen LogP contribution in [-0.4, -0.2) is 12.2 Å². The van der Waals surface area contributed by atoms with Crippen molar-refractivity contribution in [1.82, 2.24) is 0 Å². The zero-order chi connectivity index (χ0) is 14.8. The van der Waals surface area contributed by atoms with Crippen molar-refractivity contribution in [2.45, 2.75) is 31.3 Å². The van der Waals surface area contributed by atoms with Crippen LogP contribution in [0.5, 0.6) is 5.75 Å². The molecule has 110 valence electrons. The molecule has 2 nitrogen and oxygen atoms in total. The molecule has 1 N–H and O–H groups in total. The second-order valence-corrected chi connectivity index (χ2v) is 6.44. The first-order valence-corrected chi connectivity index (χ1v) is 8.09. The summed E-state index contributed by atoms with van der Waals surface area (Å²) in [5.74, 6) is 1.42. The minimum absolute atomic E-state index is 0.644. The van der Waals surface area contributed by atoms with Gasteiger partial charge in [0.1, 0.15) is 11.9 Å². The van der Waals surface area contributed by atoms with E-state index in [9.17, 15) is 5.11 Å². The van der Waals surface area contributed by atoms with Gasteiger partial charge >= 0.3 is 0 Å². The average Bonchev–Trinajstić information content (AvgIpc) is 2.46. The highest BCUT2D eigenvalue weighted by molar-refractivity contribution is 9.10. The fourth-order valence-corrected chi connectivity index (χ4v) is 3.23. The smallest absolute Gasteiger partial charge is 0.119 e. The van der Waals surface area contributed by atoms with E-state index >= 15 is 0 Å². The van der Waals surface area contributed by atoms with Crippen LogP contribution in [0.2, 0.25) is 0 Å². The van der Waals surface area contributed by atoms with Crippen molar-refractivity contribution >= 4 is 15.9 Å². The van der Waals surface area contributed by atoms with Crippen molar-refractivity contribution in [3.05, 3.63) is 63.6 Å². The van der Waals surface area contributed by atoms with Crippen molar-refractivity contribution in [3.8, 4) is 5.75 Å². The summed E-state index contributed by atoms with van der Waals surface area (Å²) in [4.78, 5) is 0. The van der Waals surface area contributed by atoms with E-state index < -0.39 is 6.10 Å². The van der Waals surface area contributed by atoms with E-state index in [2.05, 4.69) is 28.1 Å². The molecule has 1 fully saturated rings. The highest BCUT2D eigenvalue weighted by Gasteiger charge is 2.21. The summed E-state index contributed by atoms with van der Waals surface area (Å²) in [7, 11) is 1.64. The Hall–Kier alpha value is -1.32. The first-order valence-electron chi connectivity index (χ1n) is 7.30. The predicted molar refractivity (Wildman–Crippen MR) is 87.8 cm³/mol. The lowest BCUT2D eigenvalue weighted by molar-refractivity contribution is 0.218. The summed E-state index contributed by atoms with van der Waals surface area (Å²) < 4.78 is 6.15. The first-order chi connectivity index (χ1) is 10.2. The molecule has 0 radical (unpaired) electrons. The maximum atomic E-state index is 10.7. The fraction of sp³-hybridized carbons (Fsp3) is 0.333. The third kappa shape index (κ3) is 2.99. The van der Waals surface area contributed by atoms with Crippen LogP contribution >= 0.6 is 15.9 Å². The van der Waals surface area contributed by atoms with E-state index in [1.807, 2.05) is 30.3 Å². The zero-order valence-electron chi connectivity index (χ0n) is 12.1. The van der Waals surface area contributed by atoms with Crippen LogP contribution < -0.4 is 4.74 Å². The number of hydrogen-bond acceptors (Lipinski definition) is 2.